The molecule has 1 fully saturated rings. The zero-order valence-corrected chi connectivity index (χ0v) is 15.8. The number of fused-ring (bicyclic) bond motifs is 3. The minimum absolute atomic E-state index is 0.0514. The fraction of sp³-hybridized carbons (Fsp3) is 0.250. The van der Waals surface area contributed by atoms with Crippen molar-refractivity contribution in [3.63, 3.8) is 0 Å². The van der Waals surface area contributed by atoms with Gasteiger partial charge in [0.2, 0.25) is 5.71 Å². The van der Waals surface area contributed by atoms with Gasteiger partial charge in [0, 0.05) is 12.0 Å². The van der Waals surface area contributed by atoms with Crippen LogP contribution in [0.25, 0.3) is 22.2 Å². The first-order valence-corrected chi connectivity index (χ1v) is 9.23. The summed E-state index contributed by atoms with van der Waals surface area (Å²) in [6.07, 6.45) is 2.25. The molecular weight excluding hydrogens is 386 g/mol. The molecule has 142 valence electrons. The van der Waals surface area contributed by atoms with E-state index in [1.165, 1.54) is 12.4 Å². The number of hydrogen-bond acceptors (Lipinski definition) is 5. The van der Waals surface area contributed by atoms with Crippen molar-refractivity contribution in [2.45, 2.75) is 32.2 Å². The minimum atomic E-state index is -0.842. The van der Waals surface area contributed by atoms with Gasteiger partial charge in [0.1, 0.15) is 11.8 Å². The SMILES string of the molecule is Cc1nc2oc3c(NC4CC4c4ccc(F)c(F)c4)ncnc3c2c(C)c1Cl. The topological polar surface area (TPSA) is 63.8 Å². The van der Waals surface area contributed by atoms with Crippen LogP contribution in [0.4, 0.5) is 14.6 Å². The van der Waals surface area contributed by atoms with Gasteiger partial charge >= 0.3 is 0 Å². The van der Waals surface area contributed by atoms with Crippen LogP contribution in [0.5, 0.6) is 0 Å². The molecule has 2 atom stereocenters. The van der Waals surface area contributed by atoms with E-state index in [1.54, 1.807) is 6.07 Å². The number of nitrogens with one attached hydrogen (secondary N) is 1. The molecule has 0 aliphatic heterocycles. The third kappa shape index (κ3) is 2.61. The molecule has 1 aliphatic carbocycles. The fourth-order valence-electron chi connectivity index (χ4n) is 3.64. The Morgan fingerprint density at radius 1 is 1.18 bits per heavy atom. The average Bonchev–Trinajstić information content (AvgIpc) is 3.33. The predicted octanol–water partition coefficient (Wildman–Crippen LogP) is 5.29. The number of halogens is 3. The van der Waals surface area contributed by atoms with Crippen LogP contribution in [-0.4, -0.2) is 21.0 Å². The molecule has 1 aromatic carbocycles. The third-order valence-corrected chi connectivity index (χ3v) is 5.79. The number of rotatable bonds is 3. The van der Waals surface area contributed by atoms with E-state index in [-0.39, 0.29) is 12.0 Å². The molecule has 3 aromatic heterocycles. The molecule has 1 aliphatic rings. The lowest BCUT2D eigenvalue weighted by Crippen LogP contribution is -2.06. The van der Waals surface area contributed by atoms with Crippen LogP contribution in [-0.2, 0) is 0 Å². The van der Waals surface area contributed by atoms with E-state index in [2.05, 4.69) is 20.3 Å². The van der Waals surface area contributed by atoms with E-state index in [9.17, 15) is 8.78 Å². The molecule has 0 spiro atoms. The average molecular weight is 401 g/mol. The predicted molar refractivity (Wildman–Crippen MR) is 103 cm³/mol. The molecule has 2 unspecified atom stereocenters. The second-order valence-electron chi connectivity index (χ2n) is 7.08. The maximum atomic E-state index is 13.5. The summed E-state index contributed by atoms with van der Waals surface area (Å²) in [5, 5.41) is 4.68. The lowest BCUT2D eigenvalue weighted by atomic mass is 10.1. The quantitative estimate of drug-likeness (QED) is 0.506. The number of hydrogen-bond donors (Lipinski definition) is 1. The summed E-state index contributed by atoms with van der Waals surface area (Å²) in [5.41, 5.74) is 3.92. The Hall–Kier alpha value is -2.80. The first-order valence-electron chi connectivity index (χ1n) is 8.85. The highest BCUT2D eigenvalue weighted by Crippen LogP contribution is 2.44. The maximum absolute atomic E-state index is 13.5. The van der Waals surface area contributed by atoms with Crippen molar-refractivity contribution in [1.29, 1.82) is 0 Å². The summed E-state index contributed by atoms with van der Waals surface area (Å²) in [4.78, 5) is 13.1. The molecule has 5 nitrogen and oxygen atoms in total. The summed E-state index contributed by atoms with van der Waals surface area (Å²) >= 11 is 6.34. The van der Waals surface area contributed by atoms with Gasteiger partial charge in [-0.05, 0) is 43.5 Å². The highest BCUT2D eigenvalue weighted by Gasteiger charge is 2.39. The van der Waals surface area contributed by atoms with Crippen LogP contribution in [0.2, 0.25) is 5.02 Å². The van der Waals surface area contributed by atoms with Gasteiger partial charge in [-0.1, -0.05) is 17.7 Å². The van der Waals surface area contributed by atoms with E-state index in [0.717, 1.165) is 29.0 Å². The Morgan fingerprint density at radius 2 is 2.00 bits per heavy atom. The van der Waals surface area contributed by atoms with Crippen molar-refractivity contribution in [2.24, 2.45) is 0 Å². The first kappa shape index (κ1) is 17.3. The third-order valence-electron chi connectivity index (χ3n) is 5.23. The Kier molecular flexibility index (Phi) is 3.77. The molecule has 3 heterocycles. The number of furan rings is 1. The van der Waals surface area contributed by atoms with E-state index in [1.807, 2.05) is 13.8 Å². The van der Waals surface area contributed by atoms with Crippen molar-refractivity contribution in [3.05, 3.63) is 58.0 Å². The smallest absolute Gasteiger partial charge is 0.229 e. The summed E-state index contributed by atoms with van der Waals surface area (Å²) in [7, 11) is 0. The van der Waals surface area contributed by atoms with Crippen molar-refractivity contribution in [3.8, 4) is 0 Å². The fourth-order valence-corrected chi connectivity index (χ4v) is 3.78. The van der Waals surface area contributed by atoms with Crippen LogP contribution in [0.15, 0.2) is 28.9 Å². The van der Waals surface area contributed by atoms with Crippen LogP contribution in [0.1, 0.15) is 29.2 Å². The van der Waals surface area contributed by atoms with Gasteiger partial charge in [0.15, 0.2) is 23.0 Å². The molecule has 5 rings (SSSR count). The minimum Gasteiger partial charge on any atom is -0.432 e. The standard InChI is InChI=1S/C20H15ClF2N4O/c1-8-15-17-18(28-20(15)26-9(2)16(8)21)19(25-7-24-17)27-14-6-11(14)10-3-4-12(22)13(23)5-10/h3-5,7,11,14H,6H2,1-2H3,(H,24,25,27). The van der Waals surface area contributed by atoms with Crippen LogP contribution >= 0.6 is 11.6 Å². The lowest BCUT2D eigenvalue weighted by molar-refractivity contribution is 0.507. The molecule has 8 heteroatoms. The van der Waals surface area contributed by atoms with Gasteiger partial charge in [-0.2, -0.15) is 0 Å². The highest BCUT2D eigenvalue weighted by atomic mass is 35.5. The van der Waals surface area contributed by atoms with Crippen LogP contribution < -0.4 is 5.32 Å². The number of nitrogens with zero attached hydrogens (tertiary/aromatic N) is 3. The lowest BCUT2D eigenvalue weighted by Gasteiger charge is -2.05. The van der Waals surface area contributed by atoms with E-state index < -0.39 is 11.6 Å². The number of benzene rings is 1. The molecule has 0 radical (unpaired) electrons. The van der Waals surface area contributed by atoms with Gasteiger partial charge in [0.05, 0.1) is 16.1 Å². The van der Waals surface area contributed by atoms with Crippen LogP contribution in [0.3, 0.4) is 0 Å². The zero-order chi connectivity index (χ0) is 19.6. The van der Waals surface area contributed by atoms with Crippen molar-refractivity contribution >= 4 is 39.6 Å². The van der Waals surface area contributed by atoms with Crippen molar-refractivity contribution in [1.82, 2.24) is 15.0 Å². The van der Waals surface area contributed by atoms with Gasteiger partial charge in [-0.25, -0.2) is 23.7 Å². The number of pyridine rings is 1. The Labute approximate surface area is 163 Å². The molecule has 0 amide bonds. The number of aryl methyl sites for hydroxylation is 2. The number of anilines is 1. The van der Waals surface area contributed by atoms with Crippen molar-refractivity contribution in [2.75, 3.05) is 5.32 Å². The summed E-state index contributed by atoms with van der Waals surface area (Å²) in [5.74, 6) is -1.04. The highest BCUT2D eigenvalue weighted by molar-refractivity contribution is 6.33. The van der Waals surface area contributed by atoms with Gasteiger partial charge < -0.3 is 9.73 Å². The van der Waals surface area contributed by atoms with E-state index in [4.69, 9.17) is 16.0 Å². The molecular formula is C20H15ClF2N4O. The normalized spacial score (nSPS) is 18.8. The second-order valence-corrected chi connectivity index (χ2v) is 7.46. The first-order chi connectivity index (χ1) is 13.4. The summed E-state index contributed by atoms with van der Waals surface area (Å²) in [6.45, 7) is 3.73. The largest absolute Gasteiger partial charge is 0.432 e. The van der Waals surface area contributed by atoms with E-state index in [0.29, 0.717) is 33.3 Å². The molecule has 4 aromatic rings. The molecule has 1 N–H and O–H groups in total. The Bertz CT molecular complexity index is 1260. The number of aromatic nitrogens is 3. The maximum Gasteiger partial charge on any atom is 0.229 e. The summed E-state index contributed by atoms with van der Waals surface area (Å²) < 4.78 is 32.6. The zero-order valence-electron chi connectivity index (χ0n) is 15.1. The summed E-state index contributed by atoms with van der Waals surface area (Å²) in [6, 6.07) is 4.06. The molecule has 1 saturated carbocycles. The monoisotopic (exact) mass is 400 g/mol. The Balaban J connectivity index is 1.51. The second kappa shape index (κ2) is 6.10. The van der Waals surface area contributed by atoms with E-state index >= 15 is 0 Å². The molecule has 0 bridgehead atoms. The molecule has 28 heavy (non-hydrogen) atoms. The van der Waals surface area contributed by atoms with Crippen molar-refractivity contribution < 1.29 is 13.2 Å². The van der Waals surface area contributed by atoms with Gasteiger partial charge in [-0.15, -0.1) is 0 Å². The van der Waals surface area contributed by atoms with Crippen LogP contribution in [0, 0.1) is 25.5 Å². The molecule has 0 saturated heterocycles. The van der Waals surface area contributed by atoms with Gasteiger partial charge in [0.25, 0.3) is 0 Å². The van der Waals surface area contributed by atoms with Gasteiger partial charge in [-0.3, -0.25) is 0 Å². The Morgan fingerprint density at radius 3 is 2.79 bits per heavy atom.